The van der Waals surface area contributed by atoms with Crippen molar-refractivity contribution in [3.8, 4) is 0 Å². The molecule has 3 rings (SSSR count). The van der Waals surface area contributed by atoms with Gasteiger partial charge in [-0.05, 0) is 56.0 Å². The Morgan fingerprint density at radius 2 is 1.95 bits per heavy atom. The normalized spacial score (nSPS) is 15.7. The summed E-state index contributed by atoms with van der Waals surface area (Å²) in [6.45, 7) is 4.84. The molecule has 1 aromatic heterocycles. The van der Waals surface area contributed by atoms with Crippen LogP contribution in [0, 0.1) is 13.8 Å². The summed E-state index contributed by atoms with van der Waals surface area (Å²) in [7, 11) is 0. The van der Waals surface area contributed by atoms with Crippen molar-refractivity contribution in [2.75, 3.05) is 5.73 Å². The molecule has 2 aromatic rings. The van der Waals surface area contributed by atoms with E-state index < -0.39 is 0 Å². The van der Waals surface area contributed by atoms with Crippen molar-refractivity contribution in [1.82, 2.24) is 5.32 Å². The lowest BCUT2D eigenvalue weighted by molar-refractivity contribution is -0.123. The Kier molecular flexibility index (Phi) is 3.49. The molecule has 1 aliphatic carbocycles. The van der Waals surface area contributed by atoms with Crippen molar-refractivity contribution in [1.29, 1.82) is 0 Å². The Labute approximate surface area is 129 Å². The third-order valence-corrected chi connectivity index (χ3v) is 5.44. The molecule has 0 aliphatic heterocycles. The van der Waals surface area contributed by atoms with Crippen LogP contribution >= 0.6 is 11.3 Å². The quantitative estimate of drug-likeness (QED) is 0.851. The second-order valence-electron chi connectivity index (χ2n) is 5.84. The van der Waals surface area contributed by atoms with Gasteiger partial charge >= 0.3 is 0 Å². The summed E-state index contributed by atoms with van der Waals surface area (Å²) in [5, 5.41) is 3.10. The Bertz CT molecular complexity index is 649. The van der Waals surface area contributed by atoms with E-state index in [0.717, 1.165) is 24.1 Å². The van der Waals surface area contributed by atoms with E-state index in [-0.39, 0.29) is 11.3 Å². The first-order valence-electron chi connectivity index (χ1n) is 7.21. The zero-order valence-corrected chi connectivity index (χ0v) is 13.2. The number of hydrogen-bond acceptors (Lipinski definition) is 3. The number of carbonyl (C=O) groups excluding carboxylic acids is 1. The first-order chi connectivity index (χ1) is 10.0. The summed E-state index contributed by atoms with van der Waals surface area (Å²) in [6, 6.07) is 9.84. The van der Waals surface area contributed by atoms with E-state index >= 15 is 0 Å². The fourth-order valence-corrected chi connectivity index (χ4v) is 3.64. The molecule has 110 valence electrons. The number of carbonyl (C=O) groups is 1. The molecule has 1 aliphatic rings. The van der Waals surface area contributed by atoms with Crippen LogP contribution in [-0.4, -0.2) is 5.91 Å². The Hall–Kier alpha value is -1.81. The number of amides is 1. The van der Waals surface area contributed by atoms with Crippen molar-refractivity contribution in [2.24, 2.45) is 0 Å². The van der Waals surface area contributed by atoms with Crippen LogP contribution in [0.15, 0.2) is 30.3 Å². The lowest BCUT2D eigenvalue weighted by atomic mass is 9.95. The molecule has 21 heavy (non-hydrogen) atoms. The van der Waals surface area contributed by atoms with Gasteiger partial charge in [0.05, 0.1) is 12.0 Å². The molecule has 0 radical (unpaired) electrons. The minimum atomic E-state index is -0.324. The summed E-state index contributed by atoms with van der Waals surface area (Å²) in [6.07, 6.45) is 1.84. The largest absolute Gasteiger partial charge is 0.399 e. The van der Waals surface area contributed by atoms with Gasteiger partial charge in [0.1, 0.15) is 0 Å². The van der Waals surface area contributed by atoms with Crippen LogP contribution in [0.25, 0.3) is 0 Å². The molecule has 0 spiro atoms. The van der Waals surface area contributed by atoms with Gasteiger partial charge in [-0.25, -0.2) is 0 Å². The average Bonchev–Trinajstić information content (AvgIpc) is 3.20. The second-order valence-corrected chi connectivity index (χ2v) is 7.18. The molecule has 3 N–H and O–H groups in total. The maximum atomic E-state index is 12.5. The van der Waals surface area contributed by atoms with Crippen LogP contribution in [0.3, 0.4) is 0 Å². The van der Waals surface area contributed by atoms with E-state index in [9.17, 15) is 4.79 Å². The predicted molar refractivity (Wildman–Crippen MR) is 87.4 cm³/mol. The van der Waals surface area contributed by atoms with E-state index in [1.807, 2.05) is 24.3 Å². The van der Waals surface area contributed by atoms with Crippen molar-refractivity contribution in [3.63, 3.8) is 0 Å². The highest BCUT2D eigenvalue weighted by Crippen LogP contribution is 2.48. The standard InChI is InChI=1S/C17H20N2OS/c1-11-9-15(21-12(11)2)10-19-16(20)17(7-8-17)13-3-5-14(18)6-4-13/h3-6,9H,7-8,10,18H2,1-2H3,(H,19,20). The van der Waals surface area contributed by atoms with Gasteiger partial charge in [0.25, 0.3) is 0 Å². The first-order valence-corrected chi connectivity index (χ1v) is 8.03. The number of benzene rings is 1. The molecule has 3 nitrogen and oxygen atoms in total. The summed E-state index contributed by atoms with van der Waals surface area (Å²) in [5.74, 6) is 0.135. The van der Waals surface area contributed by atoms with Gasteiger partial charge < -0.3 is 11.1 Å². The lowest BCUT2D eigenvalue weighted by Crippen LogP contribution is -2.34. The second kappa shape index (κ2) is 5.19. The van der Waals surface area contributed by atoms with Crippen LogP contribution in [0.5, 0.6) is 0 Å². The van der Waals surface area contributed by atoms with E-state index in [1.165, 1.54) is 15.3 Å². The van der Waals surface area contributed by atoms with Crippen LogP contribution in [0.1, 0.15) is 33.7 Å². The number of nitrogen functional groups attached to an aromatic ring is 1. The minimum Gasteiger partial charge on any atom is -0.399 e. The van der Waals surface area contributed by atoms with Gasteiger partial charge in [-0.2, -0.15) is 0 Å². The Balaban J connectivity index is 1.69. The molecule has 1 heterocycles. The molecular formula is C17H20N2OS. The molecule has 1 saturated carbocycles. The van der Waals surface area contributed by atoms with Gasteiger partial charge in [-0.15, -0.1) is 11.3 Å². The Morgan fingerprint density at radius 1 is 1.29 bits per heavy atom. The first kappa shape index (κ1) is 14.1. The summed E-state index contributed by atoms with van der Waals surface area (Å²) in [5.41, 5.74) is 8.50. The molecule has 1 amide bonds. The highest BCUT2D eigenvalue weighted by atomic mass is 32.1. The van der Waals surface area contributed by atoms with Gasteiger partial charge in [0.2, 0.25) is 5.91 Å². The van der Waals surface area contributed by atoms with E-state index in [0.29, 0.717) is 6.54 Å². The van der Waals surface area contributed by atoms with E-state index in [2.05, 4.69) is 25.2 Å². The minimum absolute atomic E-state index is 0.135. The number of aryl methyl sites for hydroxylation is 2. The molecule has 0 bridgehead atoms. The number of nitrogens with one attached hydrogen (secondary N) is 1. The maximum absolute atomic E-state index is 12.5. The highest BCUT2D eigenvalue weighted by molar-refractivity contribution is 7.12. The van der Waals surface area contributed by atoms with Crippen molar-refractivity contribution in [3.05, 3.63) is 51.2 Å². The maximum Gasteiger partial charge on any atom is 0.230 e. The number of nitrogens with two attached hydrogens (primary N) is 1. The monoisotopic (exact) mass is 300 g/mol. The zero-order valence-electron chi connectivity index (χ0n) is 12.4. The molecule has 1 fully saturated rings. The Morgan fingerprint density at radius 3 is 2.48 bits per heavy atom. The smallest absolute Gasteiger partial charge is 0.230 e. The molecule has 1 aromatic carbocycles. The predicted octanol–water partition coefficient (Wildman–Crippen LogP) is 3.30. The van der Waals surface area contributed by atoms with Crippen LogP contribution < -0.4 is 11.1 Å². The van der Waals surface area contributed by atoms with Gasteiger partial charge in [-0.1, -0.05) is 12.1 Å². The summed E-state index contributed by atoms with van der Waals surface area (Å²) >= 11 is 1.75. The lowest BCUT2D eigenvalue weighted by Gasteiger charge is -2.15. The fraction of sp³-hybridized carbons (Fsp3) is 0.353. The van der Waals surface area contributed by atoms with E-state index in [1.54, 1.807) is 11.3 Å². The number of hydrogen-bond donors (Lipinski definition) is 2. The van der Waals surface area contributed by atoms with Gasteiger partial charge in [0.15, 0.2) is 0 Å². The van der Waals surface area contributed by atoms with Crippen molar-refractivity contribution < 1.29 is 4.79 Å². The van der Waals surface area contributed by atoms with Crippen molar-refractivity contribution >= 4 is 22.9 Å². The van der Waals surface area contributed by atoms with Crippen LogP contribution in [0.4, 0.5) is 5.69 Å². The summed E-state index contributed by atoms with van der Waals surface area (Å²) < 4.78 is 0. The number of thiophene rings is 1. The molecule has 0 unspecified atom stereocenters. The van der Waals surface area contributed by atoms with Crippen LogP contribution in [-0.2, 0) is 16.8 Å². The zero-order chi connectivity index (χ0) is 15.0. The molecule has 0 saturated heterocycles. The molecule has 0 atom stereocenters. The number of rotatable bonds is 4. The van der Waals surface area contributed by atoms with Gasteiger partial charge in [-0.3, -0.25) is 4.79 Å². The SMILES string of the molecule is Cc1cc(CNC(=O)C2(c3ccc(N)cc3)CC2)sc1C. The van der Waals surface area contributed by atoms with E-state index in [4.69, 9.17) is 5.73 Å². The van der Waals surface area contributed by atoms with Crippen LogP contribution in [0.2, 0.25) is 0 Å². The topological polar surface area (TPSA) is 55.1 Å². The third-order valence-electron chi connectivity index (χ3n) is 4.29. The molecular weight excluding hydrogens is 280 g/mol. The molecule has 4 heteroatoms. The average molecular weight is 300 g/mol. The fourth-order valence-electron chi connectivity index (χ4n) is 2.65. The van der Waals surface area contributed by atoms with Crippen molar-refractivity contribution in [2.45, 2.75) is 38.6 Å². The summed E-state index contributed by atoms with van der Waals surface area (Å²) in [4.78, 5) is 15.1. The highest BCUT2D eigenvalue weighted by Gasteiger charge is 2.51. The number of anilines is 1. The third kappa shape index (κ3) is 2.68. The van der Waals surface area contributed by atoms with Gasteiger partial charge in [0, 0.05) is 15.4 Å².